The topological polar surface area (TPSA) is 83.5 Å². The monoisotopic (exact) mass is 267 g/mol. The number of anilines is 1. The van der Waals surface area contributed by atoms with Crippen LogP contribution in [-0.4, -0.2) is 25.7 Å². The number of hydrogen-bond donors (Lipinski definition) is 2. The maximum absolute atomic E-state index is 13.0. The fourth-order valence-corrected chi connectivity index (χ4v) is 1.74. The van der Waals surface area contributed by atoms with E-state index in [-0.39, 0.29) is 5.69 Å². The van der Waals surface area contributed by atoms with Gasteiger partial charge >= 0.3 is 5.97 Å². The molecule has 1 aromatic carbocycles. The number of hydrogen-bond acceptors (Lipinski definition) is 3. The number of carboxylic acids is 1. The van der Waals surface area contributed by atoms with Gasteiger partial charge in [-0.2, -0.15) is 0 Å². The third-order valence-electron chi connectivity index (χ3n) is 1.59. The van der Waals surface area contributed by atoms with E-state index in [4.69, 9.17) is 16.7 Å². The van der Waals surface area contributed by atoms with Gasteiger partial charge in [0.2, 0.25) is 10.0 Å². The van der Waals surface area contributed by atoms with Crippen LogP contribution in [0.2, 0.25) is 5.02 Å². The molecular weight excluding hydrogens is 261 g/mol. The molecule has 0 radical (unpaired) electrons. The van der Waals surface area contributed by atoms with Crippen molar-refractivity contribution in [1.82, 2.24) is 0 Å². The molecule has 0 fully saturated rings. The first-order chi connectivity index (χ1) is 7.20. The van der Waals surface area contributed by atoms with E-state index in [2.05, 4.69) is 0 Å². The Morgan fingerprint density at radius 1 is 1.50 bits per heavy atom. The van der Waals surface area contributed by atoms with Crippen molar-refractivity contribution < 1.29 is 22.7 Å². The molecule has 0 aliphatic rings. The van der Waals surface area contributed by atoms with Gasteiger partial charge in [-0.1, -0.05) is 11.6 Å². The lowest BCUT2D eigenvalue weighted by Crippen LogP contribution is -2.13. The molecule has 0 aliphatic carbocycles. The molecule has 1 rings (SSSR count). The fourth-order valence-electron chi connectivity index (χ4n) is 1.01. The quantitative estimate of drug-likeness (QED) is 0.870. The molecule has 88 valence electrons. The van der Waals surface area contributed by atoms with Crippen molar-refractivity contribution in [3.8, 4) is 0 Å². The highest BCUT2D eigenvalue weighted by molar-refractivity contribution is 7.92. The van der Waals surface area contributed by atoms with Gasteiger partial charge in [-0.25, -0.2) is 17.6 Å². The molecule has 0 saturated heterocycles. The smallest absolute Gasteiger partial charge is 0.337 e. The maximum atomic E-state index is 13.0. The normalized spacial score (nSPS) is 11.2. The molecule has 0 bridgehead atoms. The van der Waals surface area contributed by atoms with E-state index in [1.54, 1.807) is 0 Å². The molecule has 5 nitrogen and oxygen atoms in total. The van der Waals surface area contributed by atoms with Crippen LogP contribution in [0.25, 0.3) is 0 Å². The minimum Gasteiger partial charge on any atom is -0.478 e. The minimum absolute atomic E-state index is 0.364. The second kappa shape index (κ2) is 4.26. The van der Waals surface area contributed by atoms with E-state index in [0.29, 0.717) is 6.07 Å². The lowest BCUT2D eigenvalue weighted by atomic mass is 10.2. The van der Waals surface area contributed by atoms with Gasteiger partial charge in [0.25, 0.3) is 0 Å². The van der Waals surface area contributed by atoms with Crippen molar-refractivity contribution in [1.29, 1.82) is 0 Å². The Hall–Kier alpha value is -1.34. The summed E-state index contributed by atoms with van der Waals surface area (Å²) in [5.74, 6) is -2.31. The van der Waals surface area contributed by atoms with Crippen LogP contribution in [0.4, 0.5) is 10.1 Å². The second-order valence-corrected chi connectivity index (χ2v) is 5.15. The van der Waals surface area contributed by atoms with Gasteiger partial charge in [-0.15, -0.1) is 0 Å². The molecule has 8 heteroatoms. The molecular formula is C8H7ClFNO4S. The van der Waals surface area contributed by atoms with E-state index >= 15 is 0 Å². The lowest BCUT2D eigenvalue weighted by Gasteiger charge is -2.08. The summed E-state index contributed by atoms with van der Waals surface area (Å²) in [4.78, 5) is 10.8. The molecule has 2 N–H and O–H groups in total. The average molecular weight is 268 g/mol. The second-order valence-electron chi connectivity index (χ2n) is 2.99. The van der Waals surface area contributed by atoms with Crippen molar-refractivity contribution in [2.24, 2.45) is 0 Å². The molecule has 0 aliphatic heterocycles. The fraction of sp³-hybridized carbons (Fsp3) is 0.125. The highest BCUT2D eigenvalue weighted by Gasteiger charge is 2.16. The first kappa shape index (κ1) is 12.7. The van der Waals surface area contributed by atoms with Gasteiger partial charge in [0, 0.05) is 6.07 Å². The third kappa shape index (κ3) is 3.07. The Morgan fingerprint density at radius 3 is 2.50 bits per heavy atom. The Balaban J connectivity index is 3.36. The summed E-state index contributed by atoms with van der Waals surface area (Å²) < 4.78 is 36.8. The highest BCUT2D eigenvalue weighted by atomic mass is 35.5. The van der Waals surface area contributed by atoms with Crippen LogP contribution in [0.3, 0.4) is 0 Å². The Kier molecular flexibility index (Phi) is 3.39. The maximum Gasteiger partial charge on any atom is 0.337 e. The molecule has 0 saturated carbocycles. The van der Waals surface area contributed by atoms with E-state index in [0.717, 1.165) is 12.3 Å². The zero-order valence-electron chi connectivity index (χ0n) is 7.99. The molecule has 0 aromatic heterocycles. The Bertz CT molecular complexity index is 543. The average Bonchev–Trinajstić information content (AvgIpc) is 2.07. The number of nitrogens with one attached hydrogen (secondary N) is 1. The van der Waals surface area contributed by atoms with E-state index in [9.17, 15) is 17.6 Å². The minimum atomic E-state index is -3.69. The number of halogens is 2. The molecule has 0 spiro atoms. The van der Waals surface area contributed by atoms with Crippen LogP contribution in [0.15, 0.2) is 12.1 Å². The predicted molar refractivity (Wildman–Crippen MR) is 56.8 cm³/mol. The van der Waals surface area contributed by atoms with Crippen molar-refractivity contribution in [3.63, 3.8) is 0 Å². The van der Waals surface area contributed by atoms with Gasteiger partial charge in [-0.05, 0) is 6.07 Å². The number of carboxylic acid groups (broad SMARTS) is 1. The van der Waals surface area contributed by atoms with Crippen LogP contribution in [0.1, 0.15) is 10.4 Å². The van der Waals surface area contributed by atoms with E-state index < -0.39 is 32.4 Å². The molecule has 0 unspecified atom stereocenters. The summed E-state index contributed by atoms with van der Waals surface area (Å²) in [6.07, 6.45) is 0.825. The third-order valence-corrected chi connectivity index (χ3v) is 2.47. The summed E-state index contributed by atoms with van der Waals surface area (Å²) in [6, 6.07) is 1.56. The van der Waals surface area contributed by atoms with E-state index in [1.807, 2.05) is 4.72 Å². The highest BCUT2D eigenvalue weighted by Crippen LogP contribution is 2.24. The van der Waals surface area contributed by atoms with Crippen molar-refractivity contribution >= 4 is 33.3 Å². The van der Waals surface area contributed by atoms with Gasteiger partial charge in [0.1, 0.15) is 5.82 Å². The summed E-state index contributed by atoms with van der Waals surface area (Å²) in [6.45, 7) is 0. The van der Waals surface area contributed by atoms with Crippen LogP contribution < -0.4 is 4.72 Å². The van der Waals surface area contributed by atoms with Crippen molar-refractivity contribution in [2.75, 3.05) is 11.0 Å². The Morgan fingerprint density at radius 2 is 2.06 bits per heavy atom. The summed E-state index contributed by atoms with van der Waals surface area (Å²) in [5, 5.41) is 8.37. The first-order valence-electron chi connectivity index (χ1n) is 3.91. The number of benzene rings is 1. The number of rotatable bonds is 3. The van der Waals surface area contributed by atoms with Gasteiger partial charge in [-0.3, -0.25) is 4.72 Å². The summed E-state index contributed by atoms with van der Waals surface area (Å²) in [7, 11) is -3.69. The molecule has 16 heavy (non-hydrogen) atoms. The molecule has 1 aromatic rings. The summed E-state index contributed by atoms with van der Waals surface area (Å²) >= 11 is 5.39. The summed E-state index contributed by atoms with van der Waals surface area (Å²) in [5.41, 5.74) is -0.784. The van der Waals surface area contributed by atoms with Crippen molar-refractivity contribution in [3.05, 3.63) is 28.5 Å². The van der Waals surface area contributed by atoms with E-state index in [1.165, 1.54) is 0 Å². The standard InChI is InChI=1S/C8H7ClFNO4S/c1-16(14,15)11-7-3-6(10)5(9)2-4(7)8(12)13/h2-3,11H,1H3,(H,12,13). The van der Waals surface area contributed by atoms with Crippen LogP contribution in [-0.2, 0) is 10.0 Å². The molecule has 0 heterocycles. The van der Waals surface area contributed by atoms with Crippen LogP contribution >= 0.6 is 11.6 Å². The van der Waals surface area contributed by atoms with Gasteiger partial charge < -0.3 is 5.11 Å². The molecule has 0 atom stereocenters. The SMILES string of the molecule is CS(=O)(=O)Nc1cc(F)c(Cl)cc1C(=O)O. The van der Waals surface area contributed by atoms with Gasteiger partial charge in [0.15, 0.2) is 0 Å². The van der Waals surface area contributed by atoms with Crippen LogP contribution in [0, 0.1) is 5.82 Å². The zero-order valence-corrected chi connectivity index (χ0v) is 9.56. The Labute approximate surface area is 95.9 Å². The van der Waals surface area contributed by atoms with Crippen LogP contribution in [0.5, 0.6) is 0 Å². The lowest BCUT2D eigenvalue weighted by molar-refractivity contribution is 0.0698. The number of carbonyl (C=O) groups is 1. The first-order valence-corrected chi connectivity index (χ1v) is 6.18. The number of sulfonamides is 1. The zero-order chi connectivity index (χ0) is 12.5. The van der Waals surface area contributed by atoms with Gasteiger partial charge in [0.05, 0.1) is 22.5 Å². The molecule has 0 amide bonds. The van der Waals surface area contributed by atoms with Crippen molar-refractivity contribution in [2.45, 2.75) is 0 Å². The predicted octanol–water partition coefficient (Wildman–Crippen LogP) is 1.55. The number of aromatic carboxylic acids is 1. The largest absolute Gasteiger partial charge is 0.478 e.